The molecule has 2 rings (SSSR count). The molecule has 0 aliphatic rings. The maximum Gasteiger partial charge on any atom is 0.0847 e. The quantitative estimate of drug-likeness (QED) is 0.769. The van der Waals surface area contributed by atoms with Crippen LogP contribution in [0.4, 0.5) is 11.4 Å². The lowest BCUT2D eigenvalue weighted by molar-refractivity contribution is 0.211. The summed E-state index contributed by atoms with van der Waals surface area (Å²) < 4.78 is 1.80. The van der Waals surface area contributed by atoms with Gasteiger partial charge in [-0.15, -0.1) is 11.6 Å². The molecule has 21 heavy (non-hydrogen) atoms. The molecule has 0 radical (unpaired) electrons. The molecule has 0 fully saturated rings. The normalized spacial score (nSPS) is 12.2. The smallest absolute Gasteiger partial charge is 0.0847 e. The molecule has 1 aromatic carbocycles. The summed E-state index contributed by atoms with van der Waals surface area (Å²) >= 11 is 5.56. The SMILES string of the molecule is CN(Cc1cnn(C)c1)c1ccc(NCC(O)CCl)cc1. The predicted molar refractivity (Wildman–Crippen MR) is 87.0 cm³/mol. The number of nitrogens with zero attached hydrogens (tertiary/aromatic N) is 3. The van der Waals surface area contributed by atoms with Crippen LogP contribution in [0.1, 0.15) is 5.56 Å². The third kappa shape index (κ3) is 4.65. The van der Waals surface area contributed by atoms with Gasteiger partial charge < -0.3 is 15.3 Å². The Bertz CT molecular complexity index is 555. The standard InChI is InChI=1S/C15H21ClN4O/c1-19(10-12-8-18-20(2)11-12)14-5-3-13(4-6-14)17-9-15(21)7-16/h3-6,8,11,15,17,21H,7,9-10H2,1-2H3. The number of hydrogen-bond acceptors (Lipinski definition) is 4. The van der Waals surface area contributed by atoms with E-state index in [1.807, 2.05) is 50.8 Å². The number of aliphatic hydroxyl groups is 1. The summed E-state index contributed by atoms with van der Waals surface area (Å²) in [6.07, 6.45) is 3.36. The topological polar surface area (TPSA) is 53.3 Å². The van der Waals surface area contributed by atoms with Crippen molar-refractivity contribution in [1.29, 1.82) is 0 Å². The van der Waals surface area contributed by atoms with Crippen LogP contribution in [-0.2, 0) is 13.6 Å². The van der Waals surface area contributed by atoms with Gasteiger partial charge in [-0.2, -0.15) is 5.10 Å². The van der Waals surface area contributed by atoms with Gasteiger partial charge in [-0.1, -0.05) is 0 Å². The second-order valence-electron chi connectivity index (χ2n) is 5.11. The van der Waals surface area contributed by atoms with E-state index in [2.05, 4.69) is 15.3 Å². The summed E-state index contributed by atoms with van der Waals surface area (Å²) in [7, 11) is 3.96. The summed E-state index contributed by atoms with van der Waals surface area (Å²) in [6, 6.07) is 8.09. The fourth-order valence-corrected chi connectivity index (χ4v) is 2.15. The average Bonchev–Trinajstić information content (AvgIpc) is 2.90. The molecular formula is C15H21ClN4O. The van der Waals surface area contributed by atoms with E-state index >= 15 is 0 Å². The predicted octanol–water partition coefficient (Wildman–Crippen LogP) is 2.07. The number of benzene rings is 1. The average molecular weight is 309 g/mol. The summed E-state index contributed by atoms with van der Waals surface area (Å²) in [6.45, 7) is 1.26. The van der Waals surface area contributed by atoms with Gasteiger partial charge in [0.25, 0.3) is 0 Å². The molecule has 0 spiro atoms. The first kappa shape index (κ1) is 15.7. The van der Waals surface area contributed by atoms with Crippen LogP contribution in [0.2, 0.25) is 0 Å². The Morgan fingerprint density at radius 2 is 2.10 bits per heavy atom. The number of nitrogens with one attached hydrogen (secondary N) is 1. The minimum Gasteiger partial charge on any atom is -0.390 e. The first-order valence-corrected chi connectivity index (χ1v) is 7.38. The summed E-state index contributed by atoms with van der Waals surface area (Å²) in [4.78, 5) is 2.16. The van der Waals surface area contributed by atoms with Gasteiger partial charge in [-0.25, -0.2) is 0 Å². The molecule has 6 heteroatoms. The van der Waals surface area contributed by atoms with E-state index in [4.69, 9.17) is 11.6 Å². The number of alkyl halides is 1. The Morgan fingerprint density at radius 3 is 2.67 bits per heavy atom. The van der Waals surface area contributed by atoms with Gasteiger partial charge in [0, 0.05) is 50.3 Å². The Morgan fingerprint density at radius 1 is 1.38 bits per heavy atom. The fourth-order valence-electron chi connectivity index (χ4n) is 2.04. The van der Waals surface area contributed by atoms with Crippen molar-refractivity contribution in [2.24, 2.45) is 7.05 Å². The van der Waals surface area contributed by atoms with Crippen molar-refractivity contribution < 1.29 is 5.11 Å². The van der Waals surface area contributed by atoms with E-state index in [1.165, 1.54) is 5.56 Å². The van der Waals surface area contributed by atoms with Crippen molar-refractivity contribution in [3.05, 3.63) is 42.2 Å². The maximum atomic E-state index is 9.42. The lowest BCUT2D eigenvalue weighted by atomic mass is 10.2. The zero-order valence-electron chi connectivity index (χ0n) is 12.3. The number of hydrogen-bond donors (Lipinski definition) is 2. The minimum absolute atomic E-state index is 0.235. The van der Waals surface area contributed by atoms with Gasteiger partial charge in [0.2, 0.25) is 0 Å². The number of rotatable bonds is 7. The first-order valence-electron chi connectivity index (χ1n) is 6.85. The van der Waals surface area contributed by atoms with E-state index in [0.717, 1.165) is 17.9 Å². The van der Waals surface area contributed by atoms with Crippen LogP contribution in [0, 0.1) is 0 Å². The highest BCUT2D eigenvalue weighted by Gasteiger charge is 2.05. The van der Waals surface area contributed by atoms with Crippen molar-refractivity contribution in [1.82, 2.24) is 9.78 Å². The van der Waals surface area contributed by atoms with Gasteiger partial charge in [0.1, 0.15) is 0 Å². The van der Waals surface area contributed by atoms with Crippen molar-refractivity contribution in [3.63, 3.8) is 0 Å². The molecular weight excluding hydrogens is 288 g/mol. The molecule has 0 amide bonds. The van der Waals surface area contributed by atoms with Crippen LogP contribution < -0.4 is 10.2 Å². The van der Waals surface area contributed by atoms with E-state index in [1.54, 1.807) is 4.68 Å². The number of halogens is 1. The molecule has 2 N–H and O–H groups in total. The summed E-state index contributed by atoms with van der Waals surface area (Å²) in [5.41, 5.74) is 3.27. The summed E-state index contributed by atoms with van der Waals surface area (Å²) in [5.74, 6) is 0.235. The van der Waals surface area contributed by atoms with Crippen LogP contribution in [-0.4, -0.2) is 40.5 Å². The zero-order valence-corrected chi connectivity index (χ0v) is 13.1. The Labute approximate surface area is 130 Å². The molecule has 1 unspecified atom stereocenters. The third-order valence-electron chi connectivity index (χ3n) is 3.21. The van der Waals surface area contributed by atoms with Gasteiger partial charge in [-0.05, 0) is 24.3 Å². The number of anilines is 2. The first-order chi connectivity index (χ1) is 10.1. The molecule has 0 aliphatic heterocycles. The highest BCUT2D eigenvalue weighted by Crippen LogP contribution is 2.18. The monoisotopic (exact) mass is 308 g/mol. The molecule has 5 nitrogen and oxygen atoms in total. The maximum absolute atomic E-state index is 9.42. The van der Waals surface area contributed by atoms with E-state index in [-0.39, 0.29) is 5.88 Å². The van der Waals surface area contributed by atoms with E-state index < -0.39 is 6.10 Å². The lowest BCUT2D eigenvalue weighted by Crippen LogP contribution is -2.20. The lowest BCUT2D eigenvalue weighted by Gasteiger charge is -2.19. The molecule has 2 aromatic rings. The van der Waals surface area contributed by atoms with E-state index in [9.17, 15) is 5.11 Å². The second kappa shape index (κ2) is 7.33. The fraction of sp³-hybridized carbons (Fsp3) is 0.400. The van der Waals surface area contributed by atoms with Gasteiger partial charge in [0.15, 0.2) is 0 Å². The molecule has 1 atom stereocenters. The number of aliphatic hydroxyl groups excluding tert-OH is 1. The highest BCUT2D eigenvalue weighted by atomic mass is 35.5. The largest absolute Gasteiger partial charge is 0.390 e. The Hall–Kier alpha value is -1.72. The van der Waals surface area contributed by atoms with Crippen molar-refractivity contribution in [3.8, 4) is 0 Å². The number of aryl methyl sites for hydroxylation is 1. The molecule has 0 saturated heterocycles. The van der Waals surface area contributed by atoms with Crippen LogP contribution >= 0.6 is 11.6 Å². The molecule has 1 aromatic heterocycles. The van der Waals surface area contributed by atoms with E-state index in [0.29, 0.717) is 6.54 Å². The highest BCUT2D eigenvalue weighted by molar-refractivity contribution is 6.18. The van der Waals surface area contributed by atoms with Crippen molar-refractivity contribution >= 4 is 23.0 Å². The summed E-state index contributed by atoms with van der Waals surface area (Å²) in [5, 5.41) is 16.7. The van der Waals surface area contributed by atoms with Gasteiger partial charge in [-0.3, -0.25) is 4.68 Å². The Balaban J connectivity index is 1.91. The molecule has 0 saturated carbocycles. The Kier molecular flexibility index (Phi) is 5.47. The van der Waals surface area contributed by atoms with Crippen LogP contribution in [0.15, 0.2) is 36.7 Å². The van der Waals surface area contributed by atoms with Crippen LogP contribution in [0.3, 0.4) is 0 Å². The minimum atomic E-state index is -0.528. The molecule has 0 aliphatic carbocycles. The van der Waals surface area contributed by atoms with Crippen LogP contribution in [0.25, 0.3) is 0 Å². The van der Waals surface area contributed by atoms with Gasteiger partial charge >= 0.3 is 0 Å². The van der Waals surface area contributed by atoms with Gasteiger partial charge in [0.05, 0.1) is 18.2 Å². The van der Waals surface area contributed by atoms with Crippen LogP contribution in [0.5, 0.6) is 0 Å². The molecule has 0 bridgehead atoms. The zero-order chi connectivity index (χ0) is 15.2. The van der Waals surface area contributed by atoms with Crippen molar-refractivity contribution in [2.45, 2.75) is 12.6 Å². The third-order valence-corrected chi connectivity index (χ3v) is 3.56. The molecule has 114 valence electrons. The molecule has 1 heterocycles. The number of aromatic nitrogens is 2. The second-order valence-corrected chi connectivity index (χ2v) is 5.42. The van der Waals surface area contributed by atoms with Crippen molar-refractivity contribution in [2.75, 3.05) is 29.7 Å².